The van der Waals surface area contributed by atoms with Crippen molar-refractivity contribution in [2.45, 2.75) is 72.5 Å². The Hall–Kier alpha value is -1.10. The monoisotopic (exact) mass is 354 g/mol. The third-order valence-electron chi connectivity index (χ3n) is 6.83. The number of ether oxygens (including phenoxy) is 2. The zero-order valence-corrected chi connectivity index (χ0v) is 17.1. The van der Waals surface area contributed by atoms with Crippen molar-refractivity contribution in [3.05, 3.63) is 0 Å². The Bertz CT molecular complexity index is 526. The predicted molar refractivity (Wildman–Crippen MR) is 96.8 cm³/mol. The molecule has 0 aromatic heterocycles. The standard InChI is InChI=1S/C20H36NO4/c1-14(2)24-18(23)13-21(6,7)11-9-17(22)25-16-12-15-8-10-20(16,5)19(15,3)4/h14-16H,8-13H2,1-7H3/q+1/t15-,16+,20-/m0/s1. The molecule has 5 heteroatoms. The number of hydrogen-bond acceptors (Lipinski definition) is 4. The Kier molecular flexibility index (Phi) is 5.58. The lowest BCUT2D eigenvalue weighted by Gasteiger charge is -2.38. The molecule has 25 heavy (non-hydrogen) atoms. The highest BCUT2D eigenvalue weighted by atomic mass is 16.5. The van der Waals surface area contributed by atoms with Gasteiger partial charge in [-0.05, 0) is 44.4 Å². The van der Waals surface area contributed by atoms with Gasteiger partial charge in [-0.2, -0.15) is 0 Å². The van der Waals surface area contributed by atoms with E-state index in [1.165, 1.54) is 6.42 Å². The Morgan fingerprint density at radius 3 is 2.28 bits per heavy atom. The number of quaternary nitrogens is 1. The lowest BCUT2D eigenvalue weighted by Crippen LogP contribution is -2.46. The first-order chi connectivity index (χ1) is 11.4. The van der Waals surface area contributed by atoms with Crippen molar-refractivity contribution in [3.63, 3.8) is 0 Å². The summed E-state index contributed by atoms with van der Waals surface area (Å²) in [6, 6.07) is 0. The molecule has 2 saturated carbocycles. The summed E-state index contributed by atoms with van der Waals surface area (Å²) in [6.07, 6.45) is 3.65. The second kappa shape index (κ2) is 6.90. The number of carbonyl (C=O) groups is 2. The maximum atomic E-state index is 12.4. The van der Waals surface area contributed by atoms with Gasteiger partial charge in [0.2, 0.25) is 0 Å². The van der Waals surface area contributed by atoms with Gasteiger partial charge >= 0.3 is 11.9 Å². The number of rotatable bonds is 7. The van der Waals surface area contributed by atoms with Gasteiger partial charge in [-0.25, -0.2) is 4.79 Å². The van der Waals surface area contributed by atoms with Crippen LogP contribution in [0.4, 0.5) is 0 Å². The van der Waals surface area contributed by atoms with Crippen molar-refractivity contribution in [3.8, 4) is 0 Å². The van der Waals surface area contributed by atoms with E-state index in [0.717, 1.165) is 12.8 Å². The highest BCUT2D eigenvalue weighted by molar-refractivity contribution is 5.71. The molecule has 0 amide bonds. The van der Waals surface area contributed by atoms with E-state index in [2.05, 4.69) is 20.8 Å². The minimum atomic E-state index is -0.226. The van der Waals surface area contributed by atoms with Crippen LogP contribution in [0.3, 0.4) is 0 Å². The SMILES string of the molecule is CC(C)OC(=O)C[N+](C)(C)CCC(=O)O[C@@H]1C[C@@H]2CC[C@]1(C)C2(C)C. The molecule has 2 rings (SSSR count). The highest BCUT2D eigenvalue weighted by Crippen LogP contribution is 2.66. The topological polar surface area (TPSA) is 52.6 Å². The first kappa shape index (κ1) is 20.2. The fourth-order valence-electron chi connectivity index (χ4n) is 4.65. The number of nitrogens with zero attached hydrogens (tertiary/aromatic N) is 1. The van der Waals surface area contributed by atoms with Crippen LogP contribution in [0, 0.1) is 16.7 Å². The average molecular weight is 355 g/mol. The fourth-order valence-corrected chi connectivity index (χ4v) is 4.65. The number of carbonyl (C=O) groups excluding carboxylic acids is 2. The largest absolute Gasteiger partial charge is 0.462 e. The van der Waals surface area contributed by atoms with E-state index in [1.807, 2.05) is 27.9 Å². The summed E-state index contributed by atoms with van der Waals surface area (Å²) < 4.78 is 11.5. The summed E-state index contributed by atoms with van der Waals surface area (Å²) in [4.78, 5) is 24.2. The molecule has 0 aromatic carbocycles. The van der Waals surface area contributed by atoms with E-state index in [-0.39, 0.29) is 41.5 Å². The molecule has 2 fully saturated rings. The molecule has 2 bridgehead atoms. The van der Waals surface area contributed by atoms with Gasteiger partial charge in [-0.1, -0.05) is 20.8 Å². The highest BCUT2D eigenvalue weighted by Gasteiger charge is 2.62. The van der Waals surface area contributed by atoms with Crippen LogP contribution in [0.1, 0.15) is 60.3 Å². The van der Waals surface area contributed by atoms with Crippen LogP contribution < -0.4 is 0 Å². The average Bonchev–Trinajstić information content (AvgIpc) is 2.77. The van der Waals surface area contributed by atoms with Crippen molar-refractivity contribution >= 4 is 11.9 Å². The number of likely N-dealkylation sites (N-methyl/N-ethyl adjacent to an activating group) is 1. The number of hydrogen-bond donors (Lipinski definition) is 0. The minimum Gasteiger partial charge on any atom is -0.462 e. The molecule has 0 heterocycles. The van der Waals surface area contributed by atoms with E-state index in [9.17, 15) is 9.59 Å². The molecule has 0 spiro atoms. The summed E-state index contributed by atoms with van der Waals surface area (Å²) >= 11 is 0. The number of esters is 2. The van der Waals surface area contributed by atoms with Crippen LogP contribution in [-0.2, 0) is 19.1 Å². The second-order valence-corrected chi connectivity index (χ2v) is 9.70. The fraction of sp³-hybridized carbons (Fsp3) is 0.900. The van der Waals surface area contributed by atoms with Gasteiger partial charge in [-0.15, -0.1) is 0 Å². The molecule has 144 valence electrons. The third kappa shape index (κ3) is 4.18. The molecule has 0 unspecified atom stereocenters. The molecular weight excluding hydrogens is 318 g/mol. The van der Waals surface area contributed by atoms with Gasteiger partial charge in [0.15, 0.2) is 6.54 Å². The van der Waals surface area contributed by atoms with E-state index < -0.39 is 0 Å². The van der Waals surface area contributed by atoms with Crippen molar-refractivity contribution in [1.82, 2.24) is 0 Å². The Balaban J connectivity index is 1.82. The van der Waals surface area contributed by atoms with E-state index in [1.54, 1.807) is 0 Å². The van der Waals surface area contributed by atoms with Crippen LogP contribution in [0.2, 0.25) is 0 Å². The summed E-state index contributed by atoms with van der Waals surface area (Å²) in [7, 11) is 3.88. The Labute approximate surface area is 152 Å². The molecule has 0 aliphatic heterocycles. The van der Waals surface area contributed by atoms with Gasteiger partial charge in [0.05, 0.1) is 33.2 Å². The van der Waals surface area contributed by atoms with Gasteiger partial charge < -0.3 is 14.0 Å². The summed E-state index contributed by atoms with van der Waals surface area (Å²) in [5, 5.41) is 0. The lowest BCUT2D eigenvalue weighted by atomic mass is 9.70. The minimum absolute atomic E-state index is 0.0373. The molecule has 2 aliphatic rings. The molecule has 0 N–H and O–H groups in total. The Morgan fingerprint density at radius 2 is 1.80 bits per heavy atom. The Morgan fingerprint density at radius 1 is 1.16 bits per heavy atom. The van der Waals surface area contributed by atoms with E-state index >= 15 is 0 Å². The molecule has 0 aromatic rings. The first-order valence-corrected chi connectivity index (χ1v) is 9.58. The molecule has 5 nitrogen and oxygen atoms in total. The van der Waals surface area contributed by atoms with Gasteiger partial charge in [0.1, 0.15) is 6.10 Å². The van der Waals surface area contributed by atoms with Gasteiger partial charge in [0.25, 0.3) is 0 Å². The predicted octanol–water partition coefficient (Wildman–Crippen LogP) is 3.16. The number of fused-ring (bicyclic) bond motifs is 2. The van der Waals surface area contributed by atoms with E-state index in [4.69, 9.17) is 9.47 Å². The summed E-state index contributed by atoms with van der Waals surface area (Å²) in [6.45, 7) is 11.4. The third-order valence-corrected chi connectivity index (χ3v) is 6.83. The maximum absolute atomic E-state index is 12.4. The van der Waals surface area contributed by atoms with Gasteiger partial charge in [-0.3, -0.25) is 4.79 Å². The molecule has 3 atom stereocenters. The summed E-state index contributed by atoms with van der Waals surface area (Å²) in [5.74, 6) is 0.294. The maximum Gasteiger partial charge on any atom is 0.362 e. The van der Waals surface area contributed by atoms with Crippen LogP contribution >= 0.6 is 0 Å². The smallest absolute Gasteiger partial charge is 0.362 e. The zero-order valence-electron chi connectivity index (χ0n) is 17.1. The first-order valence-electron chi connectivity index (χ1n) is 9.58. The van der Waals surface area contributed by atoms with Crippen molar-refractivity contribution < 1.29 is 23.5 Å². The molecule has 0 radical (unpaired) electrons. The molecular formula is C20H36NO4+. The molecule has 2 aliphatic carbocycles. The lowest BCUT2D eigenvalue weighted by molar-refractivity contribution is -0.882. The normalized spacial score (nSPS) is 30.6. The van der Waals surface area contributed by atoms with Crippen LogP contribution in [0.25, 0.3) is 0 Å². The van der Waals surface area contributed by atoms with Crippen molar-refractivity contribution in [2.24, 2.45) is 16.7 Å². The van der Waals surface area contributed by atoms with Crippen molar-refractivity contribution in [2.75, 3.05) is 27.2 Å². The van der Waals surface area contributed by atoms with Gasteiger partial charge in [0, 0.05) is 5.41 Å². The van der Waals surface area contributed by atoms with E-state index in [0.29, 0.717) is 23.4 Å². The van der Waals surface area contributed by atoms with Crippen molar-refractivity contribution in [1.29, 1.82) is 0 Å². The van der Waals surface area contributed by atoms with Crippen LogP contribution in [0.5, 0.6) is 0 Å². The molecule has 0 saturated heterocycles. The quantitative estimate of drug-likeness (QED) is 0.520. The van der Waals surface area contributed by atoms with Crippen LogP contribution in [0.15, 0.2) is 0 Å². The van der Waals surface area contributed by atoms with Crippen LogP contribution in [-0.4, -0.2) is 55.8 Å². The second-order valence-electron chi connectivity index (χ2n) is 9.70. The zero-order chi connectivity index (χ0) is 19.0. The summed E-state index contributed by atoms with van der Waals surface area (Å²) in [5.41, 5.74) is 0.340.